The number of nitrogens with zero attached hydrogens (tertiary/aromatic N) is 2. The maximum atomic E-state index is 13.2. The van der Waals surface area contributed by atoms with Crippen molar-refractivity contribution in [1.29, 1.82) is 5.26 Å². The van der Waals surface area contributed by atoms with Gasteiger partial charge in [-0.3, -0.25) is 4.79 Å². The van der Waals surface area contributed by atoms with E-state index in [2.05, 4.69) is 5.32 Å². The van der Waals surface area contributed by atoms with Gasteiger partial charge in [-0.2, -0.15) is 9.57 Å². The van der Waals surface area contributed by atoms with E-state index in [0.29, 0.717) is 11.3 Å². The molecular weight excluding hydrogens is 374 g/mol. The zero-order valence-corrected chi connectivity index (χ0v) is 16.4. The minimum atomic E-state index is -3.78. The van der Waals surface area contributed by atoms with Crippen molar-refractivity contribution in [2.24, 2.45) is 0 Å². The van der Waals surface area contributed by atoms with E-state index in [4.69, 9.17) is 5.26 Å². The van der Waals surface area contributed by atoms with E-state index < -0.39 is 15.9 Å². The summed E-state index contributed by atoms with van der Waals surface area (Å²) in [5.41, 5.74) is 0.906. The van der Waals surface area contributed by atoms with Crippen molar-refractivity contribution >= 4 is 21.6 Å². The number of hydrogen-bond acceptors (Lipinski definition) is 4. The Kier molecular flexibility index (Phi) is 6.45. The first-order chi connectivity index (χ1) is 13.5. The van der Waals surface area contributed by atoms with Crippen LogP contribution in [0.25, 0.3) is 0 Å². The number of amides is 1. The molecule has 2 aromatic carbocycles. The lowest BCUT2D eigenvalue weighted by Gasteiger charge is -2.33. The lowest BCUT2D eigenvalue weighted by molar-refractivity contribution is -0.116. The Morgan fingerprint density at radius 3 is 2.46 bits per heavy atom. The Balaban J connectivity index is 1.83. The number of carbonyl (C=O) groups excluding carboxylic acids is 1. The van der Waals surface area contributed by atoms with E-state index in [-0.39, 0.29) is 17.5 Å². The molecule has 0 spiro atoms. The van der Waals surface area contributed by atoms with Crippen LogP contribution in [0.1, 0.15) is 37.7 Å². The van der Waals surface area contributed by atoms with Crippen molar-refractivity contribution < 1.29 is 13.2 Å². The van der Waals surface area contributed by atoms with Crippen LogP contribution in [0.4, 0.5) is 5.69 Å². The fraction of sp³-hybridized carbons (Fsp3) is 0.333. The van der Waals surface area contributed by atoms with E-state index in [1.54, 1.807) is 54.6 Å². The summed E-state index contributed by atoms with van der Waals surface area (Å²) in [7, 11) is -3.78. The Morgan fingerprint density at radius 1 is 1.07 bits per heavy atom. The minimum Gasteiger partial charge on any atom is -0.325 e. The minimum absolute atomic E-state index is 0.185. The SMILES string of the molecule is N#Cc1cccc(NC(=O)CN(C2CCCCC2)S(=O)(=O)c2ccccc2)c1. The summed E-state index contributed by atoms with van der Waals surface area (Å²) in [4.78, 5) is 12.8. The third-order valence-electron chi connectivity index (χ3n) is 4.91. The number of nitriles is 1. The number of carbonyl (C=O) groups is 1. The fourth-order valence-electron chi connectivity index (χ4n) is 3.52. The predicted octanol–water partition coefficient (Wildman–Crippen LogP) is 3.52. The third-order valence-corrected chi connectivity index (χ3v) is 6.82. The van der Waals surface area contributed by atoms with Crippen molar-refractivity contribution in [3.05, 3.63) is 60.2 Å². The molecule has 0 saturated heterocycles. The second-order valence-corrected chi connectivity index (χ2v) is 8.79. The normalized spacial score (nSPS) is 15.1. The van der Waals surface area contributed by atoms with Gasteiger partial charge in [0.2, 0.25) is 15.9 Å². The van der Waals surface area contributed by atoms with E-state index in [1.807, 2.05) is 6.07 Å². The van der Waals surface area contributed by atoms with Crippen molar-refractivity contribution in [2.45, 2.75) is 43.0 Å². The molecule has 6 nitrogen and oxygen atoms in total. The number of rotatable bonds is 6. The predicted molar refractivity (Wildman–Crippen MR) is 107 cm³/mol. The number of nitrogens with one attached hydrogen (secondary N) is 1. The molecule has 0 aromatic heterocycles. The maximum absolute atomic E-state index is 13.2. The molecule has 28 heavy (non-hydrogen) atoms. The molecule has 1 amide bonds. The Hall–Kier alpha value is -2.69. The largest absolute Gasteiger partial charge is 0.325 e. The lowest BCUT2D eigenvalue weighted by atomic mass is 9.95. The van der Waals surface area contributed by atoms with Crippen LogP contribution >= 0.6 is 0 Å². The summed E-state index contributed by atoms with van der Waals surface area (Å²) in [6.07, 6.45) is 4.50. The van der Waals surface area contributed by atoms with Gasteiger partial charge in [0.05, 0.1) is 23.1 Å². The Bertz CT molecular complexity index is 962. The van der Waals surface area contributed by atoms with Gasteiger partial charge in [0, 0.05) is 11.7 Å². The number of anilines is 1. The molecule has 1 saturated carbocycles. The Labute approximate surface area is 165 Å². The average molecular weight is 398 g/mol. The van der Waals surface area contributed by atoms with Crippen LogP contribution in [0.15, 0.2) is 59.5 Å². The highest BCUT2D eigenvalue weighted by atomic mass is 32.2. The molecule has 0 atom stereocenters. The van der Waals surface area contributed by atoms with Gasteiger partial charge >= 0.3 is 0 Å². The molecule has 0 radical (unpaired) electrons. The van der Waals surface area contributed by atoms with Crippen LogP contribution in [0.3, 0.4) is 0 Å². The summed E-state index contributed by atoms with van der Waals surface area (Å²) in [5, 5.41) is 11.7. The molecule has 7 heteroatoms. The van der Waals surface area contributed by atoms with Crippen molar-refractivity contribution in [3.8, 4) is 6.07 Å². The maximum Gasteiger partial charge on any atom is 0.243 e. The molecule has 0 bridgehead atoms. The number of sulfonamides is 1. The van der Waals surface area contributed by atoms with Gasteiger partial charge in [-0.1, -0.05) is 43.5 Å². The van der Waals surface area contributed by atoms with Gasteiger partial charge < -0.3 is 5.32 Å². The van der Waals surface area contributed by atoms with Crippen LogP contribution in [0.5, 0.6) is 0 Å². The highest BCUT2D eigenvalue weighted by Crippen LogP contribution is 2.27. The molecule has 1 aliphatic rings. The summed E-state index contributed by atoms with van der Waals surface area (Å²) in [6, 6.07) is 16.6. The van der Waals surface area contributed by atoms with E-state index in [9.17, 15) is 13.2 Å². The van der Waals surface area contributed by atoms with Crippen molar-refractivity contribution in [1.82, 2.24) is 4.31 Å². The van der Waals surface area contributed by atoms with Gasteiger partial charge in [-0.05, 0) is 43.2 Å². The van der Waals surface area contributed by atoms with Crippen LogP contribution in [0.2, 0.25) is 0 Å². The molecule has 0 unspecified atom stereocenters. The molecule has 0 aliphatic heterocycles. The summed E-state index contributed by atoms with van der Waals surface area (Å²) >= 11 is 0. The molecule has 146 valence electrons. The summed E-state index contributed by atoms with van der Waals surface area (Å²) < 4.78 is 27.8. The summed E-state index contributed by atoms with van der Waals surface area (Å²) in [6.45, 7) is -0.251. The van der Waals surface area contributed by atoms with E-state index in [0.717, 1.165) is 32.1 Å². The van der Waals surface area contributed by atoms with Gasteiger partial charge in [0.1, 0.15) is 0 Å². The smallest absolute Gasteiger partial charge is 0.243 e. The lowest BCUT2D eigenvalue weighted by Crippen LogP contribution is -2.45. The molecule has 3 rings (SSSR count). The van der Waals surface area contributed by atoms with Gasteiger partial charge in [0.25, 0.3) is 0 Å². The third kappa shape index (κ3) is 4.77. The molecule has 1 aliphatic carbocycles. The zero-order valence-electron chi connectivity index (χ0n) is 15.5. The van der Waals surface area contributed by atoms with Crippen LogP contribution in [-0.2, 0) is 14.8 Å². The first-order valence-corrected chi connectivity index (χ1v) is 10.8. The molecular formula is C21H23N3O3S. The zero-order chi connectivity index (χ0) is 20.0. The second kappa shape index (κ2) is 9.00. The van der Waals surface area contributed by atoms with E-state index >= 15 is 0 Å². The second-order valence-electron chi connectivity index (χ2n) is 6.90. The Morgan fingerprint density at radius 2 is 1.79 bits per heavy atom. The highest BCUT2D eigenvalue weighted by Gasteiger charge is 2.33. The first-order valence-electron chi connectivity index (χ1n) is 9.37. The van der Waals surface area contributed by atoms with Crippen molar-refractivity contribution in [3.63, 3.8) is 0 Å². The van der Waals surface area contributed by atoms with Gasteiger partial charge in [-0.15, -0.1) is 0 Å². The fourth-order valence-corrected chi connectivity index (χ4v) is 5.18. The quantitative estimate of drug-likeness (QED) is 0.807. The monoisotopic (exact) mass is 397 g/mol. The van der Waals surface area contributed by atoms with Gasteiger partial charge in [-0.25, -0.2) is 8.42 Å². The van der Waals surface area contributed by atoms with Crippen molar-refractivity contribution in [2.75, 3.05) is 11.9 Å². The summed E-state index contributed by atoms with van der Waals surface area (Å²) in [5.74, 6) is -0.417. The van der Waals surface area contributed by atoms with Gasteiger partial charge in [0.15, 0.2) is 0 Å². The molecule has 1 fully saturated rings. The average Bonchev–Trinajstić information content (AvgIpc) is 2.73. The number of benzene rings is 2. The number of hydrogen-bond donors (Lipinski definition) is 1. The molecule has 0 heterocycles. The standard InChI is InChI=1S/C21H23N3O3S/c22-15-17-8-7-9-18(14-17)23-21(25)16-24(19-10-3-1-4-11-19)28(26,27)20-12-5-2-6-13-20/h2,5-9,12-14,19H,1,3-4,10-11,16H2,(H,23,25). The molecule has 1 N–H and O–H groups in total. The van der Waals surface area contributed by atoms with Crippen LogP contribution < -0.4 is 5.32 Å². The van der Waals surface area contributed by atoms with Crippen LogP contribution in [0, 0.1) is 11.3 Å². The molecule has 2 aromatic rings. The first kappa shape index (κ1) is 20.1. The topological polar surface area (TPSA) is 90.3 Å². The van der Waals surface area contributed by atoms with E-state index in [1.165, 1.54) is 4.31 Å². The highest BCUT2D eigenvalue weighted by molar-refractivity contribution is 7.89. The van der Waals surface area contributed by atoms with Crippen LogP contribution in [-0.4, -0.2) is 31.2 Å².